The highest BCUT2D eigenvalue weighted by molar-refractivity contribution is 5.27. The van der Waals surface area contributed by atoms with Crippen LogP contribution >= 0.6 is 0 Å². The largest absolute Gasteiger partial charge is 0.492 e. The van der Waals surface area contributed by atoms with E-state index in [0.29, 0.717) is 6.61 Å². The minimum Gasteiger partial charge on any atom is -0.492 e. The van der Waals surface area contributed by atoms with Crippen molar-refractivity contribution in [2.45, 2.75) is 13.0 Å². The lowest BCUT2D eigenvalue weighted by atomic mass is 10.2. The van der Waals surface area contributed by atoms with E-state index in [0.717, 1.165) is 12.3 Å². The van der Waals surface area contributed by atoms with E-state index in [-0.39, 0.29) is 6.04 Å². The van der Waals surface area contributed by atoms with Gasteiger partial charge in [0, 0.05) is 6.54 Å². The Balaban J connectivity index is 2.36. The molecule has 0 spiro atoms. The molecule has 84 valence electrons. The minimum absolute atomic E-state index is 0.0560. The second kappa shape index (κ2) is 5.73. The highest BCUT2D eigenvalue weighted by Gasteiger charge is 2.04. The maximum Gasteiger partial charge on any atom is 0.119 e. The average Bonchev–Trinajstić information content (AvgIpc) is 2.14. The van der Waals surface area contributed by atoms with Gasteiger partial charge in [-0.3, -0.25) is 0 Å². The van der Waals surface area contributed by atoms with Crippen molar-refractivity contribution in [2.24, 2.45) is 5.73 Å². The van der Waals surface area contributed by atoms with Gasteiger partial charge in [-0.2, -0.15) is 0 Å². The van der Waals surface area contributed by atoms with Gasteiger partial charge in [0.15, 0.2) is 0 Å². The van der Waals surface area contributed by atoms with Crippen LogP contribution in [-0.4, -0.2) is 38.2 Å². The van der Waals surface area contributed by atoms with E-state index in [1.54, 1.807) is 0 Å². The predicted octanol–water partition coefficient (Wildman–Crippen LogP) is 1.26. The van der Waals surface area contributed by atoms with Crippen LogP contribution in [0.5, 0.6) is 5.75 Å². The van der Waals surface area contributed by atoms with Crippen molar-refractivity contribution >= 4 is 0 Å². The van der Waals surface area contributed by atoms with Gasteiger partial charge in [0.1, 0.15) is 12.4 Å². The fraction of sp³-hybridized carbons (Fsp3) is 0.500. The molecule has 0 aromatic heterocycles. The van der Waals surface area contributed by atoms with Crippen molar-refractivity contribution in [3.63, 3.8) is 0 Å². The summed E-state index contributed by atoms with van der Waals surface area (Å²) in [6.45, 7) is 3.44. The fourth-order valence-corrected chi connectivity index (χ4v) is 1.43. The van der Waals surface area contributed by atoms with E-state index in [4.69, 9.17) is 10.5 Å². The first-order valence-electron chi connectivity index (χ1n) is 5.17. The molecule has 15 heavy (non-hydrogen) atoms. The number of hydrogen-bond donors (Lipinski definition) is 1. The average molecular weight is 208 g/mol. The van der Waals surface area contributed by atoms with Gasteiger partial charge in [-0.1, -0.05) is 12.1 Å². The molecule has 1 aromatic rings. The van der Waals surface area contributed by atoms with Gasteiger partial charge in [0.25, 0.3) is 0 Å². The van der Waals surface area contributed by atoms with Gasteiger partial charge >= 0.3 is 0 Å². The van der Waals surface area contributed by atoms with Crippen LogP contribution in [0, 0.1) is 6.92 Å². The predicted molar refractivity (Wildman–Crippen MR) is 63.2 cm³/mol. The molecule has 0 heterocycles. The Morgan fingerprint density at radius 3 is 2.73 bits per heavy atom. The van der Waals surface area contributed by atoms with E-state index in [1.165, 1.54) is 5.56 Å². The molecule has 2 N–H and O–H groups in total. The smallest absolute Gasteiger partial charge is 0.119 e. The Labute approximate surface area is 91.8 Å². The summed E-state index contributed by atoms with van der Waals surface area (Å²) in [5, 5.41) is 0. The molecular weight excluding hydrogens is 188 g/mol. The van der Waals surface area contributed by atoms with Crippen molar-refractivity contribution in [1.29, 1.82) is 0 Å². The van der Waals surface area contributed by atoms with E-state index < -0.39 is 0 Å². The topological polar surface area (TPSA) is 38.5 Å². The third kappa shape index (κ3) is 4.81. The molecule has 3 heteroatoms. The van der Waals surface area contributed by atoms with Gasteiger partial charge in [-0.15, -0.1) is 0 Å². The summed E-state index contributed by atoms with van der Waals surface area (Å²) in [5.41, 5.74) is 7.10. The van der Waals surface area contributed by atoms with Crippen LogP contribution in [0.2, 0.25) is 0 Å². The number of hydrogen-bond acceptors (Lipinski definition) is 3. The Morgan fingerprint density at radius 1 is 1.40 bits per heavy atom. The van der Waals surface area contributed by atoms with Gasteiger partial charge in [0.05, 0.1) is 6.04 Å². The van der Waals surface area contributed by atoms with Crippen LogP contribution in [0.25, 0.3) is 0 Å². The lowest BCUT2D eigenvalue weighted by Gasteiger charge is -2.17. The monoisotopic (exact) mass is 208 g/mol. The molecular formula is C12H20N2O. The van der Waals surface area contributed by atoms with Crippen LogP contribution in [0.3, 0.4) is 0 Å². The van der Waals surface area contributed by atoms with E-state index in [1.807, 2.05) is 45.3 Å². The van der Waals surface area contributed by atoms with Crippen LogP contribution in [-0.2, 0) is 0 Å². The number of aryl methyl sites for hydroxylation is 1. The summed E-state index contributed by atoms with van der Waals surface area (Å²) < 4.78 is 5.60. The maximum absolute atomic E-state index is 5.89. The molecule has 0 fully saturated rings. The number of nitrogens with zero attached hydrogens (tertiary/aromatic N) is 1. The minimum atomic E-state index is 0.0560. The highest BCUT2D eigenvalue weighted by Crippen LogP contribution is 2.12. The second-order valence-corrected chi connectivity index (χ2v) is 4.15. The molecule has 0 aliphatic carbocycles. The molecule has 0 aliphatic rings. The Bertz CT molecular complexity index is 299. The summed E-state index contributed by atoms with van der Waals surface area (Å²) in [5.74, 6) is 0.893. The van der Waals surface area contributed by atoms with Crippen molar-refractivity contribution in [2.75, 3.05) is 27.2 Å². The Morgan fingerprint density at radius 2 is 2.13 bits per heavy atom. The lowest BCUT2D eigenvalue weighted by Crippen LogP contribution is -2.37. The molecule has 1 atom stereocenters. The standard InChI is InChI=1S/C12H20N2O/c1-10-5-4-6-12(7-10)15-9-11(13)8-14(2)3/h4-7,11H,8-9,13H2,1-3H3. The van der Waals surface area contributed by atoms with E-state index in [9.17, 15) is 0 Å². The number of nitrogens with two attached hydrogens (primary N) is 1. The lowest BCUT2D eigenvalue weighted by molar-refractivity contribution is 0.254. The molecule has 0 amide bonds. The Hall–Kier alpha value is -1.06. The van der Waals surface area contributed by atoms with Gasteiger partial charge in [-0.25, -0.2) is 0 Å². The zero-order valence-electron chi connectivity index (χ0n) is 9.73. The van der Waals surface area contributed by atoms with Crippen molar-refractivity contribution in [1.82, 2.24) is 4.90 Å². The van der Waals surface area contributed by atoms with Crippen LogP contribution in [0.1, 0.15) is 5.56 Å². The molecule has 0 radical (unpaired) electrons. The molecule has 0 saturated heterocycles. The van der Waals surface area contributed by atoms with Crippen molar-refractivity contribution in [3.05, 3.63) is 29.8 Å². The fourth-order valence-electron chi connectivity index (χ4n) is 1.43. The number of ether oxygens (including phenoxy) is 1. The normalized spacial score (nSPS) is 12.9. The zero-order chi connectivity index (χ0) is 11.3. The first-order valence-corrected chi connectivity index (χ1v) is 5.17. The van der Waals surface area contributed by atoms with Crippen molar-refractivity contribution in [3.8, 4) is 5.75 Å². The summed E-state index contributed by atoms with van der Waals surface area (Å²) in [4.78, 5) is 2.06. The number of benzene rings is 1. The summed E-state index contributed by atoms with van der Waals surface area (Å²) in [6.07, 6.45) is 0. The SMILES string of the molecule is Cc1cccc(OCC(N)CN(C)C)c1. The summed E-state index contributed by atoms with van der Waals surface area (Å²) >= 11 is 0. The quantitative estimate of drug-likeness (QED) is 0.791. The third-order valence-corrected chi connectivity index (χ3v) is 2.05. The zero-order valence-corrected chi connectivity index (χ0v) is 9.73. The van der Waals surface area contributed by atoms with Crippen molar-refractivity contribution < 1.29 is 4.74 Å². The van der Waals surface area contributed by atoms with Gasteiger partial charge in [0.2, 0.25) is 0 Å². The molecule has 1 aromatic carbocycles. The second-order valence-electron chi connectivity index (χ2n) is 4.15. The molecule has 1 unspecified atom stereocenters. The molecule has 3 nitrogen and oxygen atoms in total. The molecule has 1 rings (SSSR count). The Kier molecular flexibility index (Phi) is 4.59. The summed E-state index contributed by atoms with van der Waals surface area (Å²) in [7, 11) is 4.01. The molecule has 0 saturated carbocycles. The number of likely N-dealkylation sites (N-methyl/N-ethyl adjacent to an activating group) is 1. The van der Waals surface area contributed by atoms with Gasteiger partial charge < -0.3 is 15.4 Å². The van der Waals surface area contributed by atoms with E-state index >= 15 is 0 Å². The molecule has 0 bridgehead atoms. The van der Waals surface area contributed by atoms with Crippen LogP contribution < -0.4 is 10.5 Å². The van der Waals surface area contributed by atoms with Crippen LogP contribution in [0.4, 0.5) is 0 Å². The molecule has 0 aliphatic heterocycles. The number of rotatable bonds is 5. The highest BCUT2D eigenvalue weighted by atomic mass is 16.5. The maximum atomic E-state index is 5.89. The first kappa shape index (κ1) is 12.0. The van der Waals surface area contributed by atoms with Crippen LogP contribution in [0.15, 0.2) is 24.3 Å². The first-order chi connectivity index (χ1) is 7.08. The van der Waals surface area contributed by atoms with Gasteiger partial charge in [-0.05, 0) is 38.7 Å². The third-order valence-electron chi connectivity index (χ3n) is 2.05. The summed E-state index contributed by atoms with van der Waals surface area (Å²) in [6, 6.07) is 8.06. The van der Waals surface area contributed by atoms with E-state index in [2.05, 4.69) is 4.90 Å².